The number of aryl methyl sites for hydroxylation is 1. The third-order valence-corrected chi connectivity index (χ3v) is 3.64. The first-order valence-electron chi connectivity index (χ1n) is 7.99. The summed E-state index contributed by atoms with van der Waals surface area (Å²) in [6, 6.07) is 5.56. The van der Waals surface area contributed by atoms with Crippen LogP contribution in [0.3, 0.4) is 0 Å². The number of aromatic nitrogens is 3. The Hall–Kier alpha value is -2.63. The lowest BCUT2D eigenvalue weighted by Crippen LogP contribution is -2.37. The zero-order valence-corrected chi connectivity index (χ0v) is 14.4. The van der Waals surface area contributed by atoms with Crippen molar-refractivity contribution < 1.29 is 9.53 Å². The van der Waals surface area contributed by atoms with Crippen LogP contribution in [-0.4, -0.2) is 37.7 Å². The van der Waals surface area contributed by atoms with Crippen LogP contribution in [0, 0.1) is 6.92 Å². The van der Waals surface area contributed by atoms with Crippen LogP contribution in [0.15, 0.2) is 42.7 Å². The fourth-order valence-electron chi connectivity index (χ4n) is 2.65. The standard InChI is InChI=1S/C18H22N4O2/c1-13-7-5-9-15(20-13)22-12-10-19-16(22)14-8-6-11-21(14)17(23)24-18(2,3)4/h5-10,12,14H,11H2,1-4H3. The second-order valence-electron chi connectivity index (χ2n) is 6.80. The van der Waals surface area contributed by atoms with Crippen LogP contribution in [0.1, 0.15) is 38.3 Å². The van der Waals surface area contributed by atoms with Crippen LogP contribution in [0.5, 0.6) is 0 Å². The normalized spacial score (nSPS) is 17.3. The molecule has 126 valence electrons. The number of pyridine rings is 1. The molecule has 1 unspecified atom stereocenters. The van der Waals surface area contributed by atoms with Gasteiger partial charge in [-0.1, -0.05) is 18.2 Å². The topological polar surface area (TPSA) is 60.2 Å². The van der Waals surface area contributed by atoms with Gasteiger partial charge in [-0.25, -0.2) is 14.8 Å². The summed E-state index contributed by atoms with van der Waals surface area (Å²) in [5.41, 5.74) is 0.399. The molecule has 1 aliphatic rings. The van der Waals surface area contributed by atoms with E-state index in [-0.39, 0.29) is 12.1 Å². The maximum atomic E-state index is 12.5. The Bertz CT molecular complexity index is 773. The van der Waals surface area contributed by atoms with Gasteiger partial charge in [0.15, 0.2) is 0 Å². The number of amides is 1. The van der Waals surface area contributed by atoms with Crippen molar-refractivity contribution in [3.63, 3.8) is 0 Å². The van der Waals surface area contributed by atoms with Gasteiger partial charge in [-0.05, 0) is 39.8 Å². The third-order valence-electron chi connectivity index (χ3n) is 3.64. The fourth-order valence-corrected chi connectivity index (χ4v) is 2.65. The summed E-state index contributed by atoms with van der Waals surface area (Å²) in [7, 11) is 0. The second-order valence-corrected chi connectivity index (χ2v) is 6.80. The number of carbonyl (C=O) groups is 1. The first kappa shape index (κ1) is 16.2. The number of ether oxygens (including phenoxy) is 1. The van der Waals surface area contributed by atoms with Crippen LogP contribution in [0.2, 0.25) is 0 Å². The first-order chi connectivity index (χ1) is 11.3. The summed E-state index contributed by atoms with van der Waals surface area (Å²) in [6.45, 7) is 8.04. The third kappa shape index (κ3) is 3.32. The van der Waals surface area contributed by atoms with Gasteiger partial charge in [0.2, 0.25) is 0 Å². The zero-order valence-electron chi connectivity index (χ0n) is 14.4. The molecule has 0 radical (unpaired) electrons. The van der Waals surface area contributed by atoms with Crippen LogP contribution in [0.25, 0.3) is 5.82 Å². The SMILES string of the molecule is Cc1cccc(-n2ccnc2C2C=CCN2C(=O)OC(C)(C)C)n1. The van der Waals surface area contributed by atoms with Crippen LogP contribution < -0.4 is 0 Å². The van der Waals surface area contributed by atoms with E-state index in [9.17, 15) is 4.79 Å². The molecule has 1 atom stereocenters. The predicted octanol–water partition coefficient (Wildman–Crippen LogP) is 3.42. The minimum Gasteiger partial charge on any atom is -0.444 e. The Morgan fingerprint density at radius 3 is 2.83 bits per heavy atom. The Morgan fingerprint density at radius 2 is 2.12 bits per heavy atom. The molecule has 0 saturated heterocycles. The van der Waals surface area contributed by atoms with Crippen molar-refractivity contribution in [1.82, 2.24) is 19.4 Å². The summed E-state index contributed by atoms with van der Waals surface area (Å²) >= 11 is 0. The molecule has 0 bridgehead atoms. The number of rotatable bonds is 2. The van der Waals surface area contributed by atoms with Crippen molar-refractivity contribution in [1.29, 1.82) is 0 Å². The molecule has 3 heterocycles. The predicted molar refractivity (Wildman–Crippen MR) is 90.9 cm³/mol. The highest BCUT2D eigenvalue weighted by molar-refractivity contribution is 5.70. The van der Waals surface area contributed by atoms with Crippen LogP contribution >= 0.6 is 0 Å². The minimum atomic E-state index is -0.530. The van der Waals surface area contributed by atoms with Gasteiger partial charge < -0.3 is 4.74 Å². The van der Waals surface area contributed by atoms with Gasteiger partial charge >= 0.3 is 6.09 Å². The van der Waals surface area contributed by atoms with Crippen molar-refractivity contribution in [3.8, 4) is 5.82 Å². The summed E-state index contributed by atoms with van der Waals surface area (Å²) in [6.07, 6.45) is 7.16. The lowest BCUT2D eigenvalue weighted by atomic mass is 10.2. The molecule has 1 aliphatic heterocycles. The molecule has 0 spiro atoms. The minimum absolute atomic E-state index is 0.267. The van der Waals surface area contributed by atoms with E-state index in [0.717, 1.165) is 17.3 Å². The van der Waals surface area contributed by atoms with E-state index in [2.05, 4.69) is 9.97 Å². The van der Waals surface area contributed by atoms with Gasteiger partial charge in [-0.3, -0.25) is 9.47 Å². The molecule has 0 fully saturated rings. The van der Waals surface area contributed by atoms with Crippen molar-refractivity contribution >= 4 is 6.09 Å². The van der Waals surface area contributed by atoms with Crippen LogP contribution in [0.4, 0.5) is 4.79 Å². The molecule has 3 rings (SSSR count). The smallest absolute Gasteiger partial charge is 0.411 e. The van der Waals surface area contributed by atoms with Gasteiger partial charge in [0.1, 0.15) is 23.3 Å². The van der Waals surface area contributed by atoms with Crippen molar-refractivity contribution in [3.05, 3.63) is 54.3 Å². The number of hydrogen-bond donors (Lipinski definition) is 0. The molecule has 0 aromatic carbocycles. The fraction of sp³-hybridized carbons (Fsp3) is 0.389. The second kappa shape index (κ2) is 6.11. The quantitative estimate of drug-likeness (QED) is 0.793. The van der Waals surface area contributed by atoms with Crippen LogP contribution in [-0.2, 0) is 4.74 Å². The Kier molecular flexibility index (Phi) is 4.13. The number of carbonyl (C=O) groups excluding carboxylic acids is 1. The maximum absolute atomic E-state index is 12.5. The average Bonchev–Trinajstić information content (AvgIpc) is 3.14. The monoisotopic (exact) mass is 326 g/mol. The lowest BCUT2D eigenvalue weighted by Gasteiger charge is -2.28. The van der Waals surface area contributed by atoms with Crippen molar-refractivity contribution in [2.45, 2.75) is 39.3 Å². The highest BCUT2D eigenvalue weighted by atomic mass is 16.6. The van der Waals surface area contributed by atoms with Gasteiger partial charge in [0.05, 0.1) is 0 Å². The van der Waals surface area contributed by atoms with E-state index in [1.54, 1.807) is 11.1 Å². The molecule has 0 aliphatic carbocycles. The Balaban J connectivity index is 1.90. The van der Waals surface area contributed by atoms with E-state index < -0.39 is 5.60 Å². The number of nitrogens with zero attached hydrogens (tertiary/aromatic N) is 4. The van der Waals surface area contributed by atoms with E-state index in [1.165, 1.54) is 0 Å². The molecular formula is C18H22N4O2. The van der Waals surface area contributed by atoms with E-state index in [1.807, 2.05) is 68.8 Å². The summed E-state index contributed by atoms with van der Waals surface area (Å²) in [5.74, 6) is 1.53. The highest BCUT2D eigenvalue weighted by Gasteiger charge is 2.32. The molecule has 1 amide bonds. The number of imidazole rings is 1. The molecule has 6 nitrogen and oxygen atoms in total. The van der Waals surface area contributed by atoms with Gasteiger partial charge in [-0.15, -0.1) is 0 Å². The zero-order chi connectivity index (χ0) is 17.3. The van der Waals surface area contributed by atoms with E-state index in [0.29, 0.717) is 6.54 Å². The highest BCUT2D eigenvalue weighted by Crippen LogP contribution is 2.28. The summed E-state index contributed by atoms with van der Waals surface area (Å²) in [5, 5.41) is 0. The molecule has 2 aromatic heterocycles. The van der Waals surface area contributed by atoms with E-state index >= 15 is 0 Å². The molecule has 2 aromatic rings. The lowest BCUT2D eigenvalue weighted by molar-refractivity contribution is 0.0234. The van der Waals surface area contributed by atoms with Crippen molar-refractivity contribution in [2.75, 3.05) is 6.54 Å². The van der Waals surface area contributed by atoms with E-state index in [4.69, 9.17) is 4.74 Å². The maximum Gasteiger partial charge on any atom is 0.411 e. The Morgan fingerprint density at radius 1 is 1.33 bits per heavy atom. The largest absolute Gasteiger partial charge is 0.444 e. The molecule has 0 saturated carbocycles. The van der Waals surface area contributed by atoms with Gasteiger partial charge in [0, 0.05) is 24.6 Å². The van der Waals surface area contributed by atoms with Gasteiger partial charge in [-0.2, -0.15) is 0 Å². The summed E-state index contributed by atoms with van der Waals surface area (Å²) in [4.78, 5) is 23.1. The molecule has 0 N–H and O–H groups in total. The molecular weight excluding hydrogens is 304 g/mol. The van der Waals surface area contributed by atoms with Gasteiger partial charge in [0.25, 0.3) is 0 Å². The number of hydrogen-bond acceptors (Lipinski definition) is 4. The molecule has 24 heavy (non-hydrogen) atoms. The molecule has 6 heteroatoms. The summed E-state index contributed by atoms with van der Waals surface area (Å²) < 4.78 is 7.42. The Labute approximate surface area is 141 Å². The first-order valence-corrected chi connectivity index (χ1v) is 7.99. The average molecular weight is 326 g/mol. The van der Waals surface area contributed by atoms with Crippen molar-refractivity contribution in [2.24, 2.45) is 0 Å².